The van der Waals surface area contributed by atoms with Gasteiger partial charge >= 0.3 is 0 Å². The number of aryl methyl sites for hydroxylation is 1. The Bertz CT molecular complexity index is 569. The van der Waals surface area contributed by atoms with E-state index >= 15 is 0 Å². The number of methoxy groups -OCH3 is 1. The summed E-state index contributed by atoms with van der Waals surface area (Å²) in [6, 6.07) is 12.5. The lowest BCUT2D eigenvalue weighted by Crippen LogP contribution is -2.25. The fraction of sp³-hybridized carbons (Fsp3) is 0.389. The molecule has 3 nitrogen and oxygen atoms in total. The smallest absolute Gasteiger partial charge is 0.119 e. The van der Waals surface area contributed by atoms with E-state index in [1.165, 1.54) is 11.1 Å². The molecule has 112 valence electrons. The normalized spacial score (nSPS) is 12.1. The number of pyridine rings is 1. The van der Waals surface area contributed by atoms with E-state index in [4.69, 9.17) is 4.74 Å². The number of aromatic nitrogens is 1. The van der Waals surface area contributed by atoms with Crippen LogP contribution >= 0.6 is 0 Å². The van der Waals surface area contributed by atoms with Gasteiger partial charge in [-0.1, -0.05) is 32.0 Å². The molecule has 1 heterocycles. The number of benzene rings is 1. The van der Waals surface area contributed by atoms with Crippen molar-refractivity contribution in [3.05, 3.63) is 59.4 Å². The highest BCUT2D eigenvalue weighted by Gasteiger charge is 2.18. The zero-order chi connectivity index (χ0) is 15.1. The summed E-state index contributed by atoms with van der Waals surface area (Å²) in [5.41, 5.74) is 3.59. The Balaban J connectivity index is 2.41. The predicted molar refractivity (Wildman–Crippen MR) is 86.7 cm³/mol. The van der Waals surface area contributed by atoms with Crippen molar-refractivity contribution in [1.29, 1.82) is 0 Å². The van der Waals surface area contributed by atoms with Crippen molar-refractivity contribution in [2.45, 2.75) is 32.7 Å². The van der Waals surface area contributed by atoms with Crippen LogP contribution in [0.5, 0.6) is 5.75 Å². The summed E-state index contributed by atoms with van der Waals surface area (Å²) >= 11 is 0. The molecule has 0 aliphatic carbocycles. The van der Waals surface area contributed by atoms with Gasteiger partial charge in [-0.05, 0) is 48.7 Å². The van der Waals surface area contributed by atoms with Crippen LogP contribution in [0.4, 0.5) is 0 Å². The molecule has 0 saturated heterocycles. The van der Waals surface area contributed by atoms with Gasteiger partial charge in [-0.2, -0.15) is 0 Å². The topological polar surface area (TPSA) is 34.1 Å². The first-order valence-corrected chi connectivity index (χ1v) is 7.61. The Labute approximate surface area is 127 Å². The van der Waals surface area contributed by atoms with Gasteiger partial charge in [0.25, 0.3) is 0 Å². The summed E-state index contributed by atoms with van der Waals surface area (Å²) < 4.78 is 5.35. The number of ether oxygens (including phenoxy) is 1. The first-order chi connectivity index (χ1) is 10.3. The molecule has 0 fully saturated rings. The quantitative estimate of drug-likeness (QED) is 0.841. The van der Waals surface area contributed by atoms with E-state index in [-0.39, 0.29) is 6.04 Å². The van der Waals surface area contributed by atoms with Gasteiger partial charge in [0.05, 0.1) is 18.8 Å². The van der Waals surface area contributed by atoms with Gasteiger partial charge in [0.15, 0.2) is 0 Å². The highest BCUT2D eigenvalue weighted by molar-refractivity contribution is 5.37. The van der Waals surface area contributed by atoms with Gasteiger partial charge in [0.2, 0.25) is 0 Å². The minimum atomic E-state index is 0.108. The van der Waals surface area contributed by atoms with Crippen LogP contribution in [0.15, 0.2) is 42.6 Å². The number of nitrogens with zero attached hydrogens (tertiary/aromatic N) is 1. The van der Waals surface area contributed by atoms with Crippen molar-refractivity contribution in [3.8, 4) is 5.75 Å². The maximum Gasteiger partial charge on any atom is 0.119 e. The highest BCUT2D eigenvalue weighted by atomic mass is 16.5. The Hall–Kier alpha value is -1.87. The largest absolute Gasteiger partial charge is 0.497 e. The molecule has 2 aromatic rings. The van der Waals surface area contributed by atoms with Gasteiger partial charge in [-0.3, -0.25) is 4.98 Å². The van der Waals surface area contributed by atoms with Gasteiger partial charge < -0.3 is 10.1 Å². The molecule has 1 aromatic heterocycles. The van der Waals surface area contributed by atoms with Crippen LogP contribution in [0.3, 0.4) is 0 Å². The van der Waals surface area contributed by atoms with E-state index in [0.717, 1.165) is 30.8 Å². The first-order valence-electron chi connectivity index (χ1n) is 7.61. The summed E-state index contributed by atoms with van der Waals surface area (Å²) in [6.45, 7) is 5.30. The van der Waals surface area contributed by atoms with Gasteiger partial charge in [-0.15, -0.1) is 0 Å². The molecule has 0 bridgehead atoms. The Morgan fingerprint density at radius 3 is 2.76 bits per heavy atom. The van der Waals surface area contributed by atoms with Crippen LogP contribution in [0, 0.1) is 0 Å². The summed E-state index contributed by atoms with van der Waals surface area (Å²) in [5.74, 6) is 0.879. The lowest BCUT2D eigenvalue weighted by Gasteiger charge is -2.21. The second-order valence-electron chi connectivity index (χ2n) is 5.07. The predicted octanol–water partition coefficient (Wildman–Crippen LogP) is 3.74. The lowest BCUT2D eigenvalue weighted by molar-refractivity contribution is 0.413. The third kappa shape index (κ3) is 3.82. The number of nitrogens with one attached hydrogen (secondary N) is 1. The summed E-state index contributed by atoms with van der Waals surface area (Å²) in [6.07, 6.45) is 3.95. The van der Waals surface area contributed by atoms with Gasteiger partial charge in [0.1, 0.15) is 5.75 Å². The van der Waals surface area contributed by atoms with Crippen LogP contribution in [-0.2, 0) is 6.42 Å². The zero-order valence-electron chi connectivity index (χ0n) is 13.1. The van der Waals surface area contributed by atoms with Crippen LogP contribution in [-0.4, -0.2) is 18.6 Å². The van der Waals surface area contributed by atoms with E-state index in [1.807, 2.05) is 24.4 Å². The second kappa shape index (κ2) is 7.79. The van der Waals surface area contributed by atoms with Crippen molar-refractivity contribution in [2.24, 2.45) is 0 Å². The van der Waals surface area contributed by atoms with Crippen LogP contribution < -0.4 is 10.1 Å². The third-order valence-electron chi connectivity index (χ3n) is 3.61. The van der Waals surface area contributed by atoms with E-state index in [0.29, 0.717) is 0 Å². The fourth-order valence-electron chi connectivity index (χ4n) is 2.49. The molecular formula is C18H24N2O. The average molecular weight is 284 g/mol. The average Bonchev–Trinajstić information content (AvgIpc) is 2.56. The van der Waals surface area contributed by atoms with Crippen molar-refractivity contribution in [2.75, 3.05) is 13.7 Å². The van der Waals surface area contributed by atoms with Crippen molar-refractivity contribution in [1.82, 2.24) is 10.3 Å². The maximum absolute atomic E-state index is 5.35. The minimum Gasteiger partial charge on any atom is -0.497 e. The zero-order valence-corrected chi connectivity index (χ0v) is 13.1. The number of hydrogen-bond donors (Lipinski definition) is 1. The van der Waals surface area contributed by atoms with Crippen molar-refractivity contribution in [3.63, 3.8) is 0 Å². The van der Waals surface area contributed by atoms with E-state index in [2.05, 4.69) is 42.3 Å². The molecule has 1 aromatic carbocycles. The third-order valence-corrected chi connectivity index (χ3v) is 3.61. The van der Waals surface area contributed by atoms with Crippen molar-refractivity contribution < 1.29 is 4.74 Å². The summed E-state index contributed by atoms with van der Waals surface area (Å²) in [5, 5.41) is 3.61. The SMILES string of the molecule is CCCNC(c1cccc(OC)c1)c1ncccc1CC. The molecule has 21 heavy (non-hydrogen) atoms. The fourth-order valence-corrected chi connectivity index (χ4v) is 2.49. The molecule has 0 aliphatic heterocycles. The second-order valence-corrected chi connectivity index (χ2v) is 5.07. The first kappa shape index (κ1) is 15.5. The Kier molecular flexibility index (Phi) is 5.76. The molecule has 1 N–H and O–H groups in total. The Morgan fingerprint density at radius 1 is 1.19 bits per heavy atom. The molecular weight excluding hydrogens is 260 g/mol. The molecule has 0 aliphatic rings. The van der Waals surface area contributed by atoms with Crippen molar-refractivity contribution >= 4 is 0 Å². The molecule has 1 atom stereocenters. The Morgan fingerprint density at radius 2 is 2.05 bits per heavy atom. The van der Waals surface area contributed by atoms with Crippen LogP contribution in [0.2, 0.25) is 0 Å². The lowest BCUT2D eigenvalue weighted by atomic mass is 9.98. The van der Waals surface area contributed by atoms with E-state index in [1.54, 1.807) is 7.11 Å². The summed E-state index contributed by atoms with van der Waals surface area (Å²) in [7, 11) is 1.70. The minimum absolute atomic E-state index is 0.108. The molecule has 2 rings (SSSR count). The van der Waals surface area contributed by atoms with Crippen LogP contribution in [0.1, 0.15) is 43.1 Å². The molecule has 0 saturated carbocycles. The number of rotatable bonds is 7. The van der Waals surface area contributed by atoms with Gasteiger partial charge in [-0.25, -0.2) is 0 Å². The van der Waals surface area contributed by atoms with E-state index < -0.39 is 0 Å². The number of hydrogen-bond acceptors (Lipinski definition) is 3. The molecule has 3 heteroatoms. The monoisotopic (exact) mass is 284 g/mol. The molecule has 1 unspecified atom stereocenters. The maximum atomic E-state index is 5.35. The standard InChI is InChI=1S/C18H24N2O/c1-4-11-19-18(15-8-6-10-16(13-15)21-3)17-14(5-2)9-7-12-20-17/h6-10,12-13,18-19H,4-5,11H2,1-3H3. The molecule has 0 spiro atoms. The van der Waals surface area contributed by atoms with E-state index in [9.17, 15) is 0 Å². The summed E-state index contributed by atoms with van der Waals surface area (Å²) in [4.78, 5) is 4.63. The van der Waals surface area contributed by atoms with Gasteiger partial charge in [0, 0.05) is 6.20 Å². The highest BCUT2D eigenvalue weighted by Crippen LogP contribution is 2.26. The molecule has 0 amide bonds. The molecule has 0 radical (unpaired) electrons. The van der Waals surface area contributed by atoms with Crippen LogP contribution in [0.25, 0.3) is 0 Å².